The van der Waals surface area contributed by atoms with Crippen molar-refractivity contribution in [2.24, 2.45) is 5.92 Å². The van der Waals surface area contributed by atoms with Crippen molar-refractivity contribution in [2.45, 2.75) is 32.3 Å². The van der Waals surface area contributed by atoms with Crippen molar-refractivity contribution in [3.63, 3.8) is 0 Å². The smallest absolute Gasteiger partial charge is 0.353 e. The van der Waals surface area contributed by atoms with Crippen LogP contribution in [-0.4, -0.2) is 63.5 Å². The second-order valence-corrected chi connectivity index (χ2v) is 11.5. The van der Waals surface area contributed by atoms with Crippen LogP contribution in [0.2, 0.25) is 0 Å². The Kier molecular flexibility index (Phi) is 9.81. The largest absolute Gasteiger partial charge is 0.462 e. The third-order valence-corrected chi connectivity index (χ3v) is 8.60. The molecule has 3 heterocycles. The number of carbonyl (C=O) groups excluding carboxylic acids is 2. The summed E-state index contributed by atoms with van der Waals surface area (Å²) in [6.07, 6.45) is 1.33. The van der Waals surface area contributed by atoms with Gasteiger partial charge in [0.2, 0.25) is 0 Å². The van der Waals surface area contributed by atoms with Crippen LogP contribution in [0.4, 0.5) is 5.82 Å². The van der Waals surface area contributed by atoms with Crippen LogP contribution in [-0.2, 0) is 27.8 Å². The number of ether oxygens (including phenoxy) is 3. The van der Waals surface area contributed by atoms with Gasteiger partial charge in [0, 0.05) is 5.82 Å². The van der Waals surface area contributed by atoms with Gasteiger partial charge in [0.05, 0.1) is 42.7 Å². The fourth-order valence-corrected chi connectivity index (χ4v) is 6.16. The Morgan fingerprint density at radius 3 is 2.23 bits per heavy atom. The molecular weight excluding hydrogens is 589 g/mol. The Balaban J connectivity index is 1.55. The maximum absolute atomic E-state index is 13.4. The minimum Gasteiger partial charge on any atom is -0.462 e. The summed E-state index contributed by atoms with van der Waals surface area (Å²) < 4.78 is 43.9. The highest BCUT2D eigenvalue weighted by atomic mass is 31.2. The molecule has 14 heteroatoms. The molecule has 5 rings (SSSR count). The third-order valence-electron chi connectivity index (χ3n) is 6.83. The standard InChI is InChI=1S/C30H32N5O8P/c1-3-40-44(38,41-4-2)16-15-23-22(17-39-29(36)20-11-7-5-8-12-20)25(43-30(37)21-13-9-6-10-14-21)28(42-23)35-19-34-24-26(31)32-18-33-27(24)35/h5-16,18-19,22-23,25,28H,3-4,17H2,1-2H3,(H2,31,32,33)/b16-15+/t22-,23-,25-,28-/m1/s1. The first-order chi connectivity index (χ1) is 21.3. The number of aromatic nitrogens is 4. The molecule has 13 nitrogen and oxygen atoms in total. The van der Waals surface area contributed by atoms with E-state index in [0.29, 0.717) is 22.3 Å². The molecule has 2 N–H and O–H groups in total. The molecule has 230 valence electrons. The van der Waals surface area contributed by atoms with Gasteiger partial charge in [-0.25, -0.2) is 24.5 Å². The number of nitrogens with two attached hydrogens (primary N) is 1. The molecule has 4 atom stereocenters. The maximum atomic E-state index is 13.4. The molecule has 2 aromatic carbocycles. The molecule has 0 saturated carbocycles. The van der Waals surface area contributed by atoms with Crippen LogP contribution in [0.3, 0.4) is 0 Å². The summed E-state index contributed by atoms with van der Waals surface area (Å²) >= 11 is 0. The molecule has 2 aromatic heterocycles. The van der Waals surface area contributed by atoms with E-state index in [1.165, 1.54) is 24.5 Å². The molecule has 1 aliphatic heterocycles. The van der Waals surface area contributed by atoms with E-state index in [-0.39, 0.29) is 25.6 Å². The van der Waals surface area contributed by atoms with Gasteiger partial charge in [-0.1, -0.05) is 36.4 Å². The summed E-state index contributed by atoms with van der Waals surface area (Å²) in [5.74, 6) is -0.510. The predicted molar refractivity (Wildman–Crippen MR) is 160 cm³/mol. The molecule has 0 amide bonds. The van der Waals surface area contributed by atoms with E-state index in [9.17, 15) is 14.2 Å². The zero-order chi connectivity index (χ0) is 31.1. The average Bonchev–Trinajstić information content (AvgIpc) is 3.62. The van der Waals surface area contributed by atoms with Crippen molar-refractivity contribution in [3.8, 4) is 0 Å². The highest BCUT2D eigenvalue weighted by Gasteiger charge is 2.49. The zero-order valence-corrected chi connectivity index (χ0v) is 25.0. The Morgan fingerprint density at radius 2 is 1.59 bits per heavy atom. The normalized spacial score (nSPS) is 20.2. The number of fused-ring (bicyclic) bond motifs is 1. The molecule has 4 aromatic rings. The highest BCUT2D eigenvalue weighted by molar-refractivity contribution is 7.57. The quantitative estimate of drug-likeness (QED) is 0.170. The minimum absolute atomic E-state index is 0.146. The predicted octanol–water partition coefficient (Wildman–Crippen LogP) is 4.78. The van der Waals surface area contributed by atoms with E-state index < -0.39 is 43.9 Å². The van der Waals surface area contributed by atoms with Crippen molar-refractivity contribution in [3.05, 3.63) is 96.3 Å². The van der Waals surface area contributed by atoms with Gasteiger partial charge >= 0.3 is 19.5 Å². The molecule has 0 aliphatic carbocycles. The number of benzene rings is 2. The van der Waals surface area contributed by atoms with Gasteiger partial charge < -0.3 is 29.0 Å². The van der Waals surface area contributed by atoms with E-state index in [2.05, 4.69) is 15.0 Å². The average molecular weight is 622 g/mol. The van der Waals surface area contributed by atoms with Crippen molar-refractivity contribution in [2.75, 3.05) is 25.6 Å². The number of hydrogen-bond acceptors (Lipinski definition) is 12. The molecule has 0 radical (unpaired) electrons. The van der Waals surface area contributed by atoms with Crippen molar-refractivity contribution in [1.29, 1.82) is 0 Å². The van der Waals surface area contributed by atoms with Gasteiger partial charge in [0.1, 0.15) is 18.5 Å². The number of hydrogen-bond donors (Lipinski definition) is 1. The Hall–Kier alpha value is -4.42. The first-order valence-corrected chi connectivity index (χ1v) is 15.6. The molecule has 0 spiro atoms. The van der Waals surface area contributed by atoms with Crippen molar-refractivity contribution in [1.82, 2.24) is 19.5 Å². The number of carbonyl (C=O) groups is 2. The van der Waals surface area contributed by atoms with Crippen LogP contribution in [0.5, 0.6) is 0 Å². The fraction of sp³-hybridized carbons (Fsp3) is 0.300. The molecule has 1 saturated heterocycles. The fourth-order valence-electron chi connectivity index (χ4n) is 4.81. The van der Waals surface area contributed by atoms with Crippen molar-refractivity contribution >= 4 is 36.5 Å². The second-order valence-electron chi connectivity index (χ2n) is 9.66. The van der Waals surface area contributed by atoms with Crippen LogP contribution in [0, 0.1) is 5.92 Å². The molecule has 0 bridgehead atoms. The number of anilines is 1. The Bertz CT molecular complexity index is 1660. The van der Waals surface area contributed by atoms with Gasteiger partial charge in [-0.15, -0.1) is 0 Å². The number of esters is 2. The summed E-state index contributed by atoms with van der Waals surface area (Å²) in [6, 6.07) is 16.9. The summed E-state index contributed by atoms with van der Waals surface area (Å²) in [4.78, 5) is 39.0. The third kappa shape index (κ3) is 6.87. The minimum atomic E-state index is -3.64. The van der Waals surface area contributed by atoms with Crippen LogP contribution in [0.15, 0.2) is 85.2 Å². The van der Waals surface area contributed by atoms with Crippen LogP contribution >= 0.6 is 7.60 Å². The molecule has 0 unspecified atom stereocenters. The summed E-state index contributed by atoms with van der Waals surface area (Å²) in [5, 5.41) is 0. The lowest BCUT2D eigenvalue weighted by Crippen LogP contribution is -2.35. The topological polar surface area (TPSA) is 167 Å². The number of rotatable bonds is 12. The van der Waals surface area contributed by atoms with Gasteiger partial charge in [-0.2, -0.15) is 0 Å². The SMILES string of the molecule is CCOP(=O)(/C=C/[C@H]1O[C@@H](n2cnc3c(N)ncnc32)[C@H](OC(=O)c2ccccc2)[C@@H]1COC(=O)c1ccccc1)OCC. The number of nitrogen functional groups attached to an aromatic ring is 1. The molecule has 44 heavy (non-hydrogen) atoms. The monoisotopic (exact) mass is 621 g/mol. The summed E-state index contributed by atoms with van der Waals surface area (Å²) in [7, 11) is -3.64. The van der Waals surface area contributed by atoms with E-state index >= 15 is 0 Å². The lowest BCUT2D eigenvalue weighted by molar-refractivity contribution is -0.0408. The van der Waals surface area contributed by atoms with Gasteiger partial charge in [0.15, 0.2) is 23.8 Å². The second kappa shape index (κ2) is 13.9. The van der Waals surface area contributed by atoms with Gasteiger partial charge in [-0.05, 0) is 44.2 Å². The first kappa shape index (κ1) is 31.0. The maximum Gasteiger partial charge on any atom is 0.353 e. The molecular formula is C30H32N5O8P. The van der Waals surface area contributed by atoms with E-state index in [1.54, 1.807) is 79.1 Å². The van der Waals surface area contributed by atoms with Gasteiger partial charge in [-0.3, -0.25) is 9.13 Å². The summed E-state index contributed by atoms with van der Waals surface area (Å²) in [6.45, 7) is 3.47. The van der Waals surface area contributed by atoms with E-state index in [0.717, 1.165) is 0 Å². The van der Waals surface area contributed by atoms with Crippen molar-refractivity contribution < 1.29 is 37.4 Å². The summed E-state index contributed by atoms with van der Waals surface area (Å²) in [5.41, 5.74) is 7.34. The first-order valence-electron chi connectivity index (χ1n) is 14.0. The Labute approximate surface area is 253 Å². The van der Waals surface area contributed by atoms with Crippen LogP contribution < -0.4 is 5.73 Å². The Morgan fingerprint density at radius 1 is 0.955 bits per heavy atom. The van der Waals surface area contributed by atoms with E-state index in [4.69, 9.17) is 29.0 Å². The van der Waals surface area contributed by atoms with Gasteiger partial charge in [0.25, 0.3) is 0 Å². The zero-order valence-electron chi connectivity index (χ0n) is 24.1. The molecule has 1 fully saturated rings. The van der Waals surface area contributed by atoms with Crippen LogP contribution in [0.25, 0.3) is 11.2 Å². The number of nitrogens with zero attached hydrogens (tertiary/aromatic N) is 4. The number of imidazole rings is 1. The van der Waals surface area contributed by atoms with E-state index in [1.807, 2.05) is 0 Å². The lowest BCUT2D eigenvalue weighted by atomic mass is 9.98. The molecule has 1 aliphatic rings. The highest BCUT2D eigenvalue weighted by Crippen LogP contribution is 2.50. The van der Waals surface area contributed by atoms with Crippen LogP contribution in [0.1, 0.15) is 40.8 Å². The lowest BCUT2D eigenvalue weighted by Gasteiger charge is -2.24.